The van der Waals surface area contributed by atoms with Crippen molar-refractivity contribution in [3.8, 4) is 0 Å². The highest BCUT2D eigenvalue weighted by atomic mass is 16.2. The number of carbonyl (C=O) groups is 2. The lowest BCUT2D eigenvalue weighted by atomic mass is 10.0. The van der Waals surface area contributed by atoms with Crippen molar-refractivity contribution in [2.45, 2.75) is 46.1 Å². The van der Waals surface area contributed by atoms with E-state index in [4.69, 9.17) is 0 Å². The van der Waals surface area contributed by atoms with Gasteiger partial charge in [-0.1, -0.05) is 25.1 Å². The van der Waals surface area contributed by atoms with E-state index in [2.05, 4.69) is 17.1 Å². The minimum Gasteiger partial charge on any atom is -0.324 e. The summed E-state index contributed by atoms with van der Waals surface area (Å²) < 4.78 is 0. The highest BCUT2D eigenvalue weighted by molar-refractivity contribution is 5.96. The van der Waals surface area contributed by atoms with Gasteiger partial charge in [0, 0.05) is 31.6 Å². The molecule has 21 heavy (non-hydrogen) atoms. The maximum atomic E-state index is 12.5. The van der Waals surface area contributed by atoms with Crippen LogP contribution < -0.4 is 5.32 Å². The first-order valence-corrected chi connectivity index (χ1v) is 7.68. The predicted molar refractivity (Wildman–Crippen MR) is 84.5 cm³/mol. The first-order chi connectivity index (χ1) is 10.0. The van der Waals surface area contributed by atoms with Gasteiger partial charge in [-0.2, -0.15) is 0 Å². The van der Waals surface area contributed by atoms with Crippen LogP contribution >= 0.6 is 0 Å². The van der Waals surface area contributed by atoms with Crippen molar-refractivity contribution in [1.29, 1.82) is 0 Å². The molecule has 0 radical (unpaired) electrons. The monoisotopic (exact) mass is 288 g/mol. The molecule has 1 fully saturated rings. The maximum Gasteiger partial charge on any atom is 0.241 e. The number of amides is 1. The Morgan fingerprint density at radius 3 is 2.62 bits per heavy atom. The number of hydrogen-bond donors (Lipinski definition) is 1. The normalized spacial score (nSPS) is 17.6. The summed E-state index contributed by atoms with van der Waals surface area (Å²) >= 11 is 0. The lowest BCUT2D eigenvalue weighted by Crippen LogP contribution is -2.46. The summed E-state index contributed by atoms with van der Waals surface area (Å²) in [6.45, 7) is 7.38. The van der Waals surface area contributed by atoms with Crippen molar-refractivity contribution in [2.24, 2.45) is 0 Å². The number of anilines is 1. The molecule has 4 heteroatoms. The highest BCUT2D eigenvalue weighted by Gasteiger charge is 2.25. The molecule has 2 rings (SSSR count). The average Bonchev–Trinajstić information content (AvgIpc) is 2.49. The number of nitrogens with zero attached hydrogens (tertiary/aromatic N) is 1. The molecule has 1 aromatic carbocycles. The fraction of sp³-hybridized carbons (Fsp3) is 0.529. The Hall–Kier alpha value is -1.68. The summed E-state index contributed by atoms with van der Waals surface area (Å²) in [6, 6.07) is 5.87. The summed E-state index contributed by atoms with van der Waals surface area (Å²) in [6.07, 6.45) is 2.01. The molecule has 0 saturated carbocycles. The molecule has 1 amide bonds. The van der Waals surface area contributed by atoms with Gasteiger partial charge in [-0.05, 0) is 31.4 Å². The molecule has 4 nitrogen and oxygen atoms in total. The Labute approximate surface area is 126 Å². The molecular weight excluding hydrogens is 264 g/mol. The van der Waals surface area contributed by atoms with Gasteiger partial charge in [-0.15, -0.1) is 0 Å². The topological polar surface area (TPSA) is 49.4 Å². The number of Topliss-reactive ketones (excluding diaryl/α,β-unsaturated/α-hetero) is 1. The first-order valence-electron chi connectivity index (χ1n) is 7.68. The van der Waals surface area contributed by atoms with Crippen molar-refractivity contribution in [1.82, 2.24) is 4.90 Å². The predicted octanol–water partition coefficient (Wildman–Crippen LogP) is 2.55. The second-order valence-corrected chi connectivity index (χ2v) is 5.70. The number of rotatable bonds is 4. The van der Waals surface area contributed by atoms with E-state index < -0.39 is 0 Å². The van der Waals surface area contributed by atoms with Crippen LogP contribution in [0.3, 0.4) is 0 Å². The van der Waals surface area contributed by atoms with E-state index in [-0.39, 0.29) is 11.9 Å². The standard InChI is InChI=1S/C17H24N2O2/c1-4-14-7-5-6-12(2)16(14)18-17(21)13(3)19-10-8-15(20)9-11-19/h5-7,13H,4,8-11H2,1-3H3,(H,18,21). The molecule has 1 saturated heterocycles. The number of benzene rings is 1. The van der Waals surface area contributed by atoms with E-state index in [0.29, 0.717) is 31.7 Å². The zero-order valence-corrected chi connectivity index (χ0v) is 13.1. The third kappa shape index (κ3) is 3.70. The quantitative estimate of drug-likeness (QED) is 0.926. The van der Waals surface area contributed by atoms with Gasteiger partial charge in [-0.25, -0.2) is 0 Å². The van der Waals surface area contributed by atoms with Gasteiger partial charge in [0.1, 0.15) is 5.78 Å². The SMILES string of the molecule is CCc1cccc(C)c1NC(=O)C(C)N1CCC(=O)CC1. The molecule has 1 heterocycles. The summed E-state index contributed by atoms with van der Waals surface area (Å²) in [4.78, 5) is 25.9. The summed E-state index contributed by atoms with van der Waals surface area (Å²) in [5.41, 5.74) is 3.18. The fourth-order valence-corrected chi connectivity index (χ4v) is 2.76. The minimum absolute atomic E-state index is 0.00773. The second kappa shape index (κ2) is 6.85. The van der Waals surface area contributed by atoms with Gasteiger partial charge in [0.2, 0.25) is 5.91 Å². The van der Waals surface area contributed by atoms with E-state index in [9.17, 15) is 9.59 Å². The Morgan fingerprint density at radius 1 is 1.33 bits per heavy atom. The highest BCUT2D eigenvalue weighted by Crippen LogP contribution is 2.22. The molecule has 1 unspecified atom stereocenters. The number of ketones is 1. The Kier molecular flexibility index (Phi) is 5.12. The van der Waals surface area contributed by atoms with Gasteiger partial charge in [0.15, 0.2) is 0 Å². The second-order valence-electron chi connectivity index (χ2n) is 5.70. The summed E-state index contributed by atoms with van der Waals surface area (Å²) in [5, 5.41) is 3.07. The molecule has 1 aliphatic heterocycles. The minimum atomic E-state index is -0.206. The zero-order valence-electron chi connectivity index (χ0n) is 13.1. The van der Waals surface area contributed by atoms with Crippen LogP contribution in [0.15, 0.2) is 18.2 Å². The van der Waals surface area contributed by atoms with Crippen LogP contribution in [0.2, 0.25) is 0 Å². The number of para-hydroxylation sites is 1. The van der Waals surface area contributed by atoms with E-state index in [0.717, 1.165) is 23.2 Å². The molecular formula is C17H24N2O2. The van der Waals surface area contributed by atoms with Crippen molar-refractivity contribution < 1.29 is 9.59 Å². The largest absolute Gasteiger partial charge is 0.324 e. The number of piperidine rings is 1. The van der Waals surface area contributed by atoms with Crippen molar-refractivity contribution in [3.63, 3.8) is 0 Å². The van der Waals surface area contributed by atoms with E-state index >= 15 is 0 Å². The number of carbonyl (C=O) groups excluding carboxylic acids is 2. The van der Waals surface area contributed by atoms with E-state index in [1.54, 1.807) is 0 Å². The summed E-state index contributed by atoms with van der Waals surface area (Å²) in [7, 11) is 0. The zero-order chi connectivity index (χ0) is 15.4. The molecule has 1 aromatic rings. The first kappa shape index (κ1) is 15.7. The lowest BCUT2D eigenvalue weighted by Gasteiger charge is -2.31. The van der Waals surface area contributed by atoms with E-state index in [1.807, 2.05) is 32.0 Å². The van der Waals surface area contributed by atoms with Crippen LogP contribution in [0.1, 0.15) is 37.8 Å². The molecule has 114 valence electrons. The number of nitrogens with one attached hydrogen (secondary N) is 1. The van der Waals surface area contributed by atoms with Crippen LogP contribution in [0, 0.1) is 6.92 Å². The van der Waals surface area contributed by atoms with Gasteiger partial charge >= 0.3 is 0 Å². The van der Waals surface area contributed by atoms with Crippen LogP contribution in [0.25, 0.3) is 0 Å². The fourth-order valence-electron chi connectivity index (χ4n) is 2.76. The molecule has 1 N–H and O–H groups in total. The van der Waals surface area contributed by atoms with Gasteiger partial charge in [-0.3, -0.25) is 14.5 Å². The number of hydrogen-bond acceptors (Lipinski definition) is 3. The average molecular weight is 288 g/mol. The van der Waals surface area contributed by atoms with Crippen LogP contribution in [-0.2, 0) is 16.0 Å². The Balaban J connectivity index is 2.06. The number of likely N-dealkylation sites (tertiary alicyclic amines) is 1. The van der Waals surface area contributed by atoms with Crippen LogP contribution in [0.4, 0.5) is 5.69 Å². The maximum absolute atomic E-state index is 12.5. The molecule has 0 aliphatic carbocycles. The van der Waals surface area contributed by atoms with Crippen LogP contribution in [0.5, 0.6) is 0 Å². The van der Waals surface area contributed by atoms with Crippen molar-refractivity contribution >= 4 is 17.4 Å². The Bertz CT molecular complexity index is 530. The van der Waals surface area contributed by atoms with Gasteiger partial charge in [0.25, 0.3) is 0 Å². The molecule has 1 atom stereocenters. The number of aryl methyl sites for hydroxylation is 2. The molecule has 0 aromatic heterocycles. The molecule has 0 bridgehead atoms. The third-order valence-electron chi connectivity index (χ3n) is 4.27. The van der Waals surface area contributed by atoms with Crippen molar-refractivity contribution in [3.05, 3.63) is 29.3 Å². The smallest absolute Gasteiger partial charge is 0.241 e. The van der Waals surface area contributed by atoms with Crippen molar-refractivity contribution in [2.75, 3.05) is 18.4 Å². The van der Waals surface area contributed by atoms with E-state index in [1.165, 1.54) is 0 Å². The third-order valence-corrected chi connectivity index (χ3v) is 4.27. The molecule has 0 spiro atoms. The van der Waals surface area contributed by atoms with Gasteiger partial charge in [0.05, 0.1) is 6.04 Å². The Morgan fingerprint density at radius 2 is 2.00 bits per heavy atom. The molecule has 1 aliphatic rings. The van der Waals surface area contributed by atoms with Gasteiger partial charge < -0.3 is 5.32 Å². The lowest BCUT2D eigenvalue weighted by molar-refractivity contribution is -0.126. The summed E-state index contributed by atoms with van der Waals surface area (Å²) in [5.74, 6) is 0.305. The van der Waals surface area contributed by atoms with Crippen LogP contribution in [-0.4, -0.2) is 35.7 Å².